The van der Waals surface area contributed by atoms with E-state index in [4.69, 9.17) is 26.6 Å². The number of aryl methyl sites for hydroxylation is 1. The van der Waals surface area contributed by atoms with E-state index < -0.39 is 11.7 Å². The molecule has 0 radical (unpaired) electrons. The van der Waals surface area contributed by atoms with Crippen LogP contribution in [0.3, 0.4) is 0 Å². The van der Waals surface area contributed by atoms with E-state index in [1.807, 2.05) is 30.3 Å². The molecule has 2 heterocycles. The van der Waals surface area contributed by atoms with Crippen molar-refractivity contribution in [1.29, 1.82) is 0 Å². The van der Waals surface area contributed by atoms with Gasteiger partial charge in [0.1, 0.15) is 17.3 Å². The van der Waals surface area contributed by atoms with Crippen molar-refractivity contribution in [3.63, 3.8) is 0 Å². The number of amides is 1. The number of anilines is 1. The number of hydrogen-bond donors (Lipinski definition) is 1. The van der Waals surface area contributed by atoms with Crippen molar-refractivity contribution in [2.75, 3.05) is 5.01 Å². The molecule has 0 aliphatic rings. The highest BCUT2D eigenvalue weighted by Gasteiger charge is 2.16. The number of nitrogens with two attached hydrogens (primary N) is 1. The Morgan fingerprint density at radius 2 is 2.00 bits per heavy atom. The third-order valence-electron chi connectivity index (χ3n) is 4.51. The average molecular weight is 410 g/mol. The van der Waals surface area contributed by atoms with Crippen LogP contribution in [0.1, 0.15) is 11.1 Å². The molecule has 2 aromatic carbocycles. The minimum atomic E-state index is -0.788. The van der Waals surface area contributed by atoms with Gasteiger partial charge in [-0.2, -0.15) is 0 Å². The zero-order valence-electron chi connectivity index (χ0n) is 15.4. The molecule has 0 atom stereocenters. The first-order valence-electron chi connectivity index (χ1n) is 8.72. The fourth-order valence-corrected chi connectivity index (χ4v) is 3.22. The van der Waals surface area contributed by atoms with Gasteiger partial charge in [-0.25, -0.2) is 25.4 Å². The Labute approximate surface area is 170 Å². The molecule has 2 N–H and O–H groups in total. The lowest BCUT2D eigenvalue weighted by Gasteiger charge is -2.17. The molecule has 8 heteroatoms. The maximum atomic E-state index is 12.4. The van der Waals surface area contributed by atoms with Crippen LogP contribution < -0.4 is 16.5 Å². The van der Waals surface area contributed by atoms with Crippen molar-refractivity contribution in [2.45, 2.75) is 13.5 Å². The minimum Gasteiger partial charge on any atom is -0.443 e. The normalized spacial score (nSPS) is 11.0. The molecule has 1 amide bonds. The lowest BCUT2D eigenvalue weighted by molar-refractivity contribution is 0.147. The van der Waals surface area contributed by atoms with Gasteiger partial charge in [0, 0.05) is 28.5 Å². The molecule has 0 fully saturated rings. The minimum absolute atomic E-state index is 0.0923. The number of hydrogen-bond acceptors (Lipinski definition) is 6. The standard InChI is InChI=1S/C21H16ClN3O4/c1-12-8-19(26)29-18-10-15(6-7-16(12)18)25(23)21(27)28-11-14-9-13-4-2-3-5-17(13)24-20(14)22/h2-10H,11,23H2,1H3. The lowest BCUT2D eigenvalue weighted by atomic mass is 10.1. The summed E-state index contributed by atoms with van der Waals surface area (Å²) in [5, 5.41) is 2.73. The number of carbonyl (C=O) groups excluding carboxylic acids is 1. The smallest absolute Gasteiger partial charge is 0.429 e. The molecular weight excluding hydrogens is 394 g/mol. The third kappa shape index (κ3) is 3.78. The molecular formula is C21H16ClN3O4. The molecule has 0 bridgehead atoms. The summed E-state index contributed by atoms with van der Waals surface area (Å²) in [6.45, 7) is 1.71. The van der Waals surface area contributed by atoms with Gasteiger partial charge in [-0.1, -0.05) is 29.8 Å². The number of nitrogens with zero attached hydrogens (tertiary/aromatic N) is 2. The Kier molecular flexibility index (Phi) is 4.92. The fraction of sp³-hybridized carbons (Fsp3) is 0.0952. The summed E-state index contributed by atoms with van der Waals surface area (Å²) in [4.78, 5) is 28.3. The van der Waals surface area contributed by atoms with Crippen LogP contribution in [0.5, 0.6) is 0 Å². The predicted octanol–water partition coefficient (Wildman–Crippen LogP) is 4.32. The van der Waals surface area contributed by atoms with Gasteiger partial charge < -0.3 is 9.15 Å². The third-order valence-corrected chi connectivity index (χ3v) is 4.84. The molecule has 4 rings (SSSR count). The summed E-state index contributed by atoms with van der Waals surface area (Å²) < 4.78 is 10.5. The van der Waals surface area contributed by atoms with E-state index in [1.165, 1.54) is 12.1 Å². The summed E-state index contributed by atoms with van der Waals surface area (Å²) in [5.74, 6) is 5.89. The monoisotopic (exact) mass is 409 g/mol. The van der Waals surface area contributed by atoms with Crippen LogP contribution >= 0.6 is 11.6 Å². The molecule has 0 unspecified atom stereocenters. The van der Waals surface area contributed by atoms with Crippen LogP contribution in [0.4, 0.5) is 10.5 Å². The van der Waals surface area contributed by atoms with E-state index in [1.54, 1.807) is 19.1 Å². The van der Waals surface area contributed by atoms with Crippen molar-refractivity contribution in [1.82, 2.24) is 4.98 Å². The highest BCUT2D eigenvalue weighted by atomic mass is 35.5. The van der Waals surface area contributed by atoms with Crippen LogP contribution in [0.15, 0.2) is 63.8 Å². The number of hydrazine groups is 1. The zero-order chi connectivity index (χ0) is 20.5. The lowest BCUT2D eigenvalue weighted by Crippen LogP contribution is -2.37. The number of carbonyl (C=O) groups is 1. The Hall–Kier alpha value is -3.42. The summed E-state index contributed by atoms with van der Waals surface area (Å²) in [6, 6.07) is 15.6. The van der Waals surface area contributed by atoms with Gasteiger partial charge in [-0.3, -0.25) is 0 Å². The first-order chi connectivity index (χ1) is 13.9. The van der Waals surface area contributed by atoms with E-state index in [9.17, 15) is 9.59 Å². The molecule has 0 aliphatic heterocycles. The number of aromatic nitrogens is 1. The largest absolute Gasteiger partial charge is 0.443 e. The van der Waals surface area contributed by atoms with Crippen LogP contribution in [-0.4, -0.2) is 11.1 Å². The van der Waals surface area contributed by atoms with E-state index in [-0.39, 0.29) is 11.8 Å². The van der Waals surface area contributed by atoms with Gasteiger partial charge in [0.25, 0.3) is 0 Å². The molecule has 29 heavy (non-hydrogen) atoms. The highest BCUT2D eigenvalue weighted by molar-refractivity contribution is 6.30. The van der Waals surface area contributed by atoms with Crippen molar-refractivity contribution < 1.29 is 13.9 Å². The predicted molar refractivity (Wildman–Crippen MR) is 111 cm³/mol. The van der Waals surface area contributed by atoms with Crippen LogP contribution in [0.25, 0.3) is 21.9 Å². The maximum Gasteiger partial charge on any atom is 0.429 e. The van der Waals surface area contributed by atoms with Gasteiger partial charge in [-0.15, -0.1) is 0 Å². The summed E-state index contributed by atoms with van der Waals surface area (Å²) in [5.41, 5.74) is 2.26. The van der Waals surface area contributed by atoms with Gasteiger partial charge in [0.05, 0.1) is 11.2 Å². The Morgan fingerprint density at radius 1 is 1.21 bits per heavy atom. The first kappa shape index (κ1) is 18.9. The van der Waals surface area contributed by atoms with Crippen LogP contribution in [-0.2, 0) is 11.3 Å². The van der Waals surface area contributed by atoms with Gasteiger partial charge >= 0.3 is 11.7 Å². The van der Waals surface area contributed by atoms with E-state index in [0.29, 0.717) is 16.8 Å². The maximum absolute atomic E-state index is 12.4. The first-order valence-corrected chi connectivity index (χ1v) is 9.10. The van der Waals surface area contributed by atoms with Crippen LogP contribution in [0, 0.1) is 6.92 Å². The molecule has 2 aromatic heterocycles. The number of halogens is 1. The Morgan fingerprint density at radius 3 is 2.83 bits per heavy atom. The van der Waals surface area contributed by atoms with Gasteiger partial charge in [0.2, 0.25) is 0 Å². The number of ether oxygens (including phenoxy) is 1. The van der Waals surface area contributed by atoms with Crippen molar-refractivity contribution in [2.24, 2.45) is 5.84 Å². The van der Waals surface area contributed by atoms with E-state index >= 15 is 0 Å². The molecule has 0 saturated heterocycles. The number of rotatable bonds is 3. The molecule has 7 nitrogen and oxygen atoms in total. The number of pyridine rings is 1. The SMILES string of the molecule is Cc1cc(=O)oc2cc(N(N)C(=O)OCc3cc4ccccc4nc3Cl)ccc12. The summed E-state index contributed by atoms with van der Waals surface area (Å²) in [7, 11) is 0. The van der Waals surface area contributed by atoms with Crippen molar-refractivity contribution in [3.8, 4) is 0 Å². The molecule has 0 aliphatic carbocycles. The topological polar surface area (TPSA) is 98.7 Å². The second kappa shape index (κ2) is 7.54. The summed E-state index contributed by atoms with van der Waals surface area (Å²) >= 11 is 6.19. The molecule has 0 saturated carbocycles. The Balaban J connectivity index is 1.53. The van der Waals surface area contributed by atoms with Crippen molar-refractivity contribution >= 4 is 45.3 Å². The highest BCUT2D eigenvalue weighted by Crippen LogP contribution is 2.24. The summed E-state index contributed by atoms with van der Waals surface area (Å²) in [6.07, 6.45) is -0.788. The second-order valence-electron chi connectivity index (χ2n) is 6.48. The van der Waals surface area contributed by atoms with Crippen LogP contribution in [0.2, 0.25) is 5.15 Å². The van der Waals surface area contributed by atoms with E-state index in [2.05, 4.69) is 4.98 Å². The number of fused-ring (bicyclic) bond motifs is 2. The average Bonchev–Trinajstić information content (AvgIpc) is 2.70. The fourth-order valence-electron chi connectivity index (χ4n) is 3.02. The molecule has 4 aromatic rings. The quantitative estimate of drug-likeness (QED) is 0.178. The Bertz CT molecular complexity index is 1300. The van der Waals surface area contributed by atoms with Crippen molar-refractivity contribution in [3.05, 3.63) is 81.3 Å². The second-order valence-corrected chi connectivity index (χ2v) is 6.84. The molecule has 0 spiro atoms. The zero-order valence-corrected chi connectivity index (χ0v) is 16.1. The number of benzene rings is 2. The molecule has 146 valence electrons. The number of para-hydroxylation sites is 1. The van der Waals surface area contributed by atoms with Gasteiger partial charge in [0.15, 0.2) is 0 Å². The van der Waals surface area contributed by atoms with Gasteiger partial charge in [-0.05, 0) is 36.8 Å². The van der Waals surface area contributed by atoms with E-state index in [0.717, 1.165) is 26.9 Å².